The molecule has 0 amide bonds. The normalized spacial score (nSPS) is 28.1. The number of hydrogen-bond acceptors (Lipinski definition) is 2. The molecule has 0 spiro atoms. The lowest BCUT2D eigenvalue weighted by Gasteiger charge is -2.12. The van der Waals surface area contributed by atoms with Crippen molar-refractivity contribution in [3.63, 3.8) is 0 Å². The van der Waals surface area contributed by atoms with Crippen molar-refractivity contribution in [3.8, 4) is 0 Å². The molecule has 1 aromatic rings. The van der Waals surface area contributed by atoms with Crippen LogP contribution in [0, 0.1) is 5.92 Å². The summed E-state index contributed by atoms with van der Waals surface area (Å²) in [5.41, 5.74) is 1.33. The van der Waals surface area contributed by atoms with E-state index in [1.165, 1.54) is 5.56 Å². The first-order valence-electron chi connectivity index (χ1n) is 5.16. The fraction of sp³-hybridized carbons (Fsp3) is 0.500. The molecule has 14 heavy (non-hydrogen) atoms. The Bertz CT molecular complexity index is 286. The second kappa shape index (κ2) is 4.11. The van der Waals surface area contributed by atoms with Gasteiger partial charge in [-0.2, -0.15) is 0 Å². The molecule has 1 fully saturated rings. The van der Waals surface area contributed by atoms with Crippen LogP contribution < -0.4 is 0 Å². The Hall–Kier alpha value is -0.860. The molecule has 1 aromatic carbocycles. The van der Waals surface area contributed by atoms with Crippen LogP contribution in [0.4, 0.5) is 0 Å². The summed E-state index contributed by atoms with van der Waals surface area (Å²) in [6.07, 6.45) is 0.840. The largest absolute Gasteiger partial charge is 0.391 e. The molecule has 1 saturated heterocycles. The number of nitrogens with zero attached hydrogens (tertiary/aromatic N) is 1. The number of β-amino-alcohol motifs (C(OH)–C–C–N with tert-alkyl or cyclic N) is 1. The van der Waals surface area contributed by atoms with Gasteiger partial charge in [-0.25, -0.2) is 0 Å². The fourth-order valence-electron chi connectivity index (χ4n) is 2.18. The van der Waals surface area contributed by atoms with E-state index in [9.17, 15) is 5.11 Å². The predicted octanol–water partition coefficient (Wildman–Crippen LogP) is 1.15. The minimum atomic E-state index is -0.153. The zero-order valence-electron chi connectivity index (χ0n) is 8.56. The number of benzene rings is 1. The average Bonchev–Trinajstić information content (AvgIpc) is 2.47. The third kappa shape index (κ3) is 2.14. The van der Waals surface area contributed by atoms with Crippen LogP contribution in [0.1, 0.15) is 5.56 Å². The Morgan fingerprint density at radius 1 is 1.29 bits per heavy atom. The minimum absolute atomic E-state index is 0.153. The van der Waals surface area contributed by atoms with E-state index in [4.69, 9.17) is 0 Å². The SMILES string of the molecule is CN1CC(O)C(Cc2ccccc2)C1. The molecule has 2 rings (SSSR count). The zero-order chi connectivity index (χ0) is 9.97. The standard InChI is InChI=1S/C12H17NO/c1-13-8-11(12(14)9-13)7-10-5-3-2-4-6-10/h2-6,11-12,14H,7-9H2,1H3. The van der Waals surface area contributed by atoms with Gasteiger partial charge in [-0.3, -0.25) is 0 Å². The molecule has 2 unspecified atom stereocenters. The maximum Gasteiger partial charge on any atom is 0.0710 e. The number of likely N-dealkylation sites (tertiary alicyclic amines) is 1. The number of rotatable bonds is 2. The van der Waals surface area contributed by atoms with Gasteiger partial charge < -0.3 is 10.0 Å². The van der Waals surface area contributed by atoms with Gasteiger partial charge in [0.05, 0.1) is 6.10 Å². The highest BCUT2D eigenvalue weighted by Crippen LogP contribution is 2.19. The van der Waals surface area contributed by atoms with Gasteiger partial charge in [-0.1, -0.05) is 30.3 Å². The summed E-state index contributed by atoms with van der Waals surface area (Å²) >= 11 is 0. The molecule has 0 aromatic heterocycles. The van der Waals surface area contributed by atoms with Gasteiger partial charge in [0.25, 0.3) is 0 Å². The predicted molar refractivity (Wildman–Crippen MR) is 57.1 cm³/mol. The van der Waals surface area contributed by atoms with Crippen molar-refractivity contribution in [3.05, 3.63) is 35.9 Å². The second-order valence-corrected chi connectivity index (χ2v) is 4.24. The molecular weight excluding hydrogens is 174 g/mol. The van der Waals surface area contributed by atoms with E-state index < -0.39 is 0 Å². The maximum absolute atomic E-state index is 9.78. The van der Waals surface area contributed by atoms with Crippen LogP contribution in [0.25, 0.3) is 0 Å². The zero-order valence-corrected chi connectivity index (χ0v) is 8.56. The lowest BCUT2D eigenvalue weighted by molar-refractivity contribution is 0.143. The van der Waals surface area contributed by atoms with E-state index in [1.54, 1.807) is 0 Å². The molecule has 1 heterocycles. The molecule has 1 aliphatic rings. The highest BCUT2D eigenvalue weighted by atomic mass is 16.3. The molecule has 2 atom stereocenters. The van der Waals surface area contributed by atoms with Crippen LogP contribution >= 0.6 is 0 Å². The Morgan fingerprint density at radius 2 is 2.00 bits per heavy atom. The molecule has 1 aliphatic heterocycles. The average molecular weight is 191 g/mol. The Balaban J connectivity index is 1.98. The van der Waals surface area contributed by atoms with E-state index >= 15 is 0 Å². The summed E-state index contributed by atoms with van der Waals surface area (Å²) in [5, 5.41) is 9.78. The summed E-state index contributed by atoms with van der Waals surface area (Å²) < 4.78 is 0. The van der Waals surface area contributed by atoms with E-state index in [-0.39, 0.29) is 6.10 Å². The fourth-order valence-corrected chi connectivity index (χ4v) is 2.18. The maximum atomic E-state index is 9.78. The van der Waals surface area contributed by atoms with Gasteiger partial charge in [-0.05, 0) is 19.0 Å². The van der Waals surface area contributed by atoms with Crippen molar-refractivity contribution in [2.75, 3.05) is 20.1 Å². The molecule has 2 heteroatoms. The topological polar surface area (TPSA) is 23.5 Å². The molecule has 0 bridgehead atoms. The van der Waals surface area contributed by atoms with Crippen molar-refractivity contribution >= 4 is 0 Å². The van der Waals surface area contributed by atoms with E-state index in [2.05, 4.69) is 36.2 Å². The monoisotopic (exact) mass is 191 g/mol. The van der Waals surface area contributed by atoms with Crippen LogP contribution in [-0.4, -0.2) is 36.2 Å². The smallest absolute Gasteiger partial charge is 0.0710 e. The first kappa shape index (κ1) is 9.69. The van der Waals surface area contributed by atoms with Crippen molar-refractivity contribution in [1.82, 2.24) is 4.90 Å². The van der Waals surface area contributed by atoms with Gasteiger partial charge in [0.2, 0.25) is 0 Å². The van der Waals surface area contributed by atoms with Gasteiger partial charge >= 0.3 is 0 Å². The Labute approximate surface area is 85.2 Å². The summed E-state index contributed by atoms with van der Waals surface area (Å²) in [6, 6.07) is 10.4. The summed E-state index contributed by atoms with van der Waals surface area (Å²) in [5.74, 6) is 0.405. The molecule has 1 N–H and O–H groups in total. The highest BCUT2D eigenvalue weighted by Gasteiger charge is 2.28. The van der Waals surface area contributed by atoms with Gasteiger partial charge in [-0.15, -0.1) is 0 Å². The molecule has 0 aliphatic carbocycles. The first-order valence-corrected chi connectivity index (χ1v) is 5.16. The summed E-state index contributed by atoms with van der Waals surface area (Å²) in [6.45, 7) is 1.83. The minimum Gasteiger partial charge on any atom is -0.391 e. The van der Waals surface area contributed by atoms with Crippen LogP contribution in [0.3, 0.4) is 0 Å². The summed E-state index contributed by atoms with van der Waals surface area (Å²) in [4.78, 5) is 2.19. The van der Waals surface area contributed by atoms with Gasteiger partial charge in [0.1, 0.15) is 0 Å². The highest BCUT2D eigenvalue weighted by molar-refractivity contribution is 5.16. The Kier molecular flexibility index (Phi) is 2.85. The molecule has 2 nitrogen and oxygen atoms in total. The third-order valence-corrected chi connectivity index (χ3v) is 2.93. The van der Waals surface area contributed by atoms with Crippen LogP contribution in [-0.2, 0) is 6.42 Å². The summed E-state index contributed by atoms with van der Waals surface area (Å²) in [7, 11) is 2.06. The van der Waals surface area contributed by atoms with Crippen molar-refractivity contribution in [1.29, 1.82) is 0 Å². The van der Waals surface area contributed by atoms with E-state index in [1.807, 2.05) is 6.07 Å². The van der Waals surface area contributed by atoms with Crippen molar-refractivity contribution in [2.45, 2.75) is 12.5 Å². The number of hydrogen-bond donors (Lipinski definition) is 1. The van der Waals surface area contributed by atoms with Crippen LogP contribution in [0.2, 0.25) is 0 Å². The molecule has 0 radical (unpaired) electrons. The Morgan fingerprint density at radius 3 is 2.57 bits per heavy atom. The van der Waals surface area contributed by atoms with Gasteiger partial charge in [0, 0.05) is 19.0 Å². The molecule has 0 saturated carbocycles. The van der Waals surface area contributed by atoms with Crippen LogP contribution in [0.15, 0.2) is 30.3 Å². The van der Waals surface area contributed by atoms with Crippen LogP contribution in [0.5, 0.6) is 0 Å². The third-order valence-electron chi connectivity index (χ3n) is 2.93. The second-order valence-electron chi connectivity index (χ2n) is 4.24. The van der Waals surface area contributed by atoms with Crippen molar-refractivity contribution in [2.24, 2.45) is 5.92 Å². The number of likely N-dealkylation sites (N-methyl/N-ethyl adjacent to an activating group) is 1. The molecule has 76 valence electrons. The van der Waals surface area contributed by atoms with Gasteiger partial charge in [0.15, 0.2) is 0 Å². The van der Waals surface area contributed by atoms with Crippen molar-refractivity contribution < 1.29 is 5.11 Å². The lowest BCUT2D eigenvalue weighted by Crippen LogP contribution is -2.19. The molecular formula is C12H17NO. The first-order chi connectivity index (χ1) is 6.75. The quantitative estimate of drug-likeness (QED) is 0.758. The lowest BCUT2D eigenvalue weighted by atomic mass is 9.97. The number of aliphatic hydroxyl groups is 1. The van der Waals surface area contributed by atoms with E-state index in [0.717, 1.165) is 19.5 Å². The number of aliphatic hydroxyl groups excluding tert-OH is 1. The van der Waals surface area contributed by atoms with E-state index in [0.29, 0.717) is 5.92 Å².